The number of nitrogens with zero attached hydrogens (tertiary/aromatic N) is 2. The highest BCUT2D eigenvalue weighted by Gasteiger charge is 2.36. The van der Waals surface area contributed by atoms with Gasteiger partial charge in [0.2, 0.25) is 0 Å². The Morgan fingerprint density at radius 3 is 2.67 bits per heavy atom. The lowest BCUT2D eigenvalue weighted by atomic mass is 9.94. The van der Waals surface area contributed by atoms with Crippen molar-refractivity contribution in [2.45, 2.75) is 18.5 Å². The van der Waals surface area contributed by atoms with Crippen LogP contribution >= 0.6 is 15.9 Å². The van der Waals surface area contributed by atoms with Crippen LogP contribution < -0.4 is 10.1 Å². The summed E-state index contributed by atoms with van der Waals surface area (Å²) in [6.45, 7) is 6.05. The van der Waals surface area contributed by atoms with Crippen molar-refractivity contribution in [1.29, 1.82) is 0 Å². The number of methoxy groups -OCH3 is 1. The van der Waals surface area contributed by atoms with E-state index in [1.165, 1.54) is 38.3 Å². The first kappa shape index (κ1) is 15.3. The van der Waals surface area contributed by atoms with E-state index < -0.39 is 0 Å². The number of ether oxygens (including phenoxy) is 1. The lowest BCUT2D eigenvalue weighted by Gasteiger charge is -2.50. The molecule has 2 bridgehead atoms. The van der Waals surface area contributed by atoms with Crippen LogP contribution in [0.5, 0.6) is 5.75 Å². The van der Waals surface area contributed by atoms with Crippen molar-refractivity contribution in [3.05, 3.63) is 28.2 Å². The minimum absolute atomic E-state index is 0.455. The summed E-state index contributed by atoms with van der Waals surface area (Å²) >= 11 is 3.57. The van der Waals surface area contributed by atoms with Crippen LogP contribution in [-0.2, 0) is 6.42 Å². The molecule has 3 aliphatic heterocycles. The highest BCUT2D eigenvalue weighted by atomic mass is 79.9. The third-order valence-electron chi connectivity index (χ3n) is 4.84. The van der Waals surface area contributed by atoms with Crippen molar-refractivity contribution in [2.24, 2.45) is 0 Å². The number of nitrogens with one attached hydrogen (secondary N) is 1. The monoisotopic (exact) mass is 353 g/mol. The van der Waals surface area contributed by atoms with Gasteiger partial charge in [-0.2, -0.15) is 0 Å². The Bertz CT molecular complexity index is 488. The van der Waals surface area contributed by atoms with Gasteiger partial charge in [-0.1, -0.05) is 15.9 Å². The van der Waals surface area contributed by atoms with E-state index in [-0.39, 0.29) is 0 Å². The molecular weight excluding hydrogens is 330 g/mol. The quantitative estimate of drug-likeness (QED) is 0.869. The molecule has 5 heteroatoms. The molecule has 3 heterocycles. The van der Waals surface area contributed by atoms with Gasteiger partial charge in [0.05, 0.1) is 7.11 Å². The molecule has 2 unspecified atom stereocenters. The number of rotatable bonds is 5. The molecule has 0 radical (unpaired) electrons. The third kappa shape index (κ3) is 3.26. The Kier molecular flexibility index (Phi) is 4.84. The van der Waals surface area contributed by atoms with Crippen molar-refractivity contribution in [1.82, 2.24) is 15.1 Å². The van der Waals surface area contributed by atoms with E-state index in [1.807, 2.05) is 12.1 Å². The molecule has 0 aliphatic carbocycles. The fraction of sp³-hybridized carbons (Fsp3) is 0.625. The van der Waals surface area contributed by atoms with Crippen molar-refractivity contribution in [2.75, 3.05) is 46.9 Å². The number of likely N-dealkylation sites (N-methyl/N-ethyl adjacent to an activating group) is 1. The Morgan fingerprint density at radius 1 is 1.33 bits per heavy atom. The molecule has 3 saturated heterocycles. The second-order valence-electron chi connectivity index (χ2n) is 5.96. The van der Waals surface area contributed by atoms with Gasteiger partial charge in [0.25, 0.3) is 0 Å². The number of piperazine rings is 3. The zero-order valence-electron chi connectivity index (χ0n) is 12.8. The molecular formula is C16H24BrN3O. The Labute approximate surface area is 135 Å². The van der Waals surface area contributed by atoms with Crippen LogP contribution in [0.1, 0.15) is 5.56 Å². The summed E-state index contributed by atoms with van der Waals surface area (Å²) in [5.74, 6) is 0.981. The van der Waals surface area contributed by atoms with Gasteiger partial charge in [0.15, 0.2) is 0 Å². The molecule has 0 aromatic heterocycles. The average molecular weight is 354 g/mol. The van der Waals surface area contributed by atoms with Crippen LogP contribution in [0, 0.1) is 0 Å². The normalized spacial score (nSPS) is 29.4. The maximum Gasteiger partial charge on any atom is 0.122 e. The molecule has 4 nitrogen and oxygen atoms in total. The maximum absolute atomic E-state index is 5.52. The first-order valence-electron chi connectivity index (χ1n) is 7.67. The Balaban J connectivity index is 1.77. The molecule has 0 spiro atoms. The lowest BCUT2D eigenvalue weighted by molar-refractivity contribution is -0.00208. The van der Waals surface area contributed by atoms with Gasteiger partial charge in [-0.05, 0) is 37.2 Å². The first-order chi connectivity index (χ1) is 10.2. The van der Waals surface area contributed by atoms with Gasteiger partial charge in [0, 0.05) is 49.3 Å². The zero-order valence-corrected chi connectivity index (χ0v) is 14.4. The highest BCUT2D eigenvalue weighted by Crippen LogP contribution is 2.27. The van der Waals surface area contributed by atoms with Crippen molar-refractivity contribution in [3.8, 4) is 5.75 Å². The fourth-order valence-electron chi connectivity index (χ4n) is 3.61. The molecule has 116 valence electrons. The van der Waals surface area contributed by atoms with Crippen LogP contribution in [0.2, 0.25) is 0 Å². The number of hydrogen-bond acceptors (Lipinski definition) is 4. The van der Waals surface area contributed by atoms with E-state index in [0.29, 0.717) is 12.1 Å². The van der Waals surface area contributed by atoms with Crippen LogP contribution in [0.3, 0.4) is 0 Å². The topological polar surface area (TPSA) is 27.7 Å². The Hall–Kier alpha value is -0.620. The molecule has 1 aromatic carbocycles. The molecule has 3 fully saturated rings. The average Bonchev–Trinajstić information content (AvgIpc) is 2.54. The van der Waals surface area contributed by atoms with Gasteiger partial charge < -0.3 is 10.1 Å². The van der Waals surface area contributed by atoms with Crippen LogP contribution in [0.4, 0.5) is 0 Å². The number of halogens is 1. The van der Waals surface area contributed by atoms with Gasteiger partial charge in [-0.15, -0.1) is 0 Å². The molecule has 0 amide bonds. The third-order valence-corrected chi connectivity index (χ3v) is 5.33. The molecule has 1 aromatic rings. The smallest absolute Gasteiger partial charge is 0.122 e. The maximum atomic E-state index is 5.52. The highest BCUT2D eigenvalue weighted by molar-refractivity contribution is 9.10. The number of fused-ring (bicyclic) bond motifs is 3. The Morgan fingerprint density at radius 2 is 2.10 bits per heavy atom. The van der Waals surface area contributed by atoms with Crippen LogP contribution in [0.25, 0.3) is 0 Å². The molecule has 0 saturated carbocycles. The second kappa shape index (κ2) is 6.65. The number of hydrogen-bond donors (Lipinski definition) is 1. The summed E-state index contributed by atoms with van der Waals surface area (Å²) in [5, 5.41) is 3.54. The van der Waals surface area contributed by atoms with Gasteiger partial charge in [-0.25, -0.2) is 0 Å². The minimum Gasteiger partial charge on any atom is -0.496 e. The molecule has 4 rings (SSSR count). The molecule has 1 N–H and O–H groups in total. The van der Waals surface area contributed by atoms with Crippen LogP contribution in [-0.4, -0.2) is 68.8 Å². The van der Waals surface area contributed by atoms with Crippen LogP contribution in [0.15, 0.2) is 22.7 Å². The largest absolute Gasteiger partial charge is 0.496 e. The SMILES string of the molecule is CNC(Cc1cc(Br)ccc1OC)C1CN2CCN1CC2. The first-order valence-corrected chi connectivity index (χ1v) is 8.46. The molecule has 3 aliphatic rings. The predicted molar refractivity (Wildman–Crippen MR) is 89.0 cm³/mol. The van der Waals surface area contributed by atoms with E-state index in [0.717, 1.165) is 16.6 Å². The number of benzene rings is 1. The van der Waals surface area contributed by atoms with Gasteiger partial charge >= 0.3 is 0 Å². The predicted octanol–water partition coefficient (Wildman–Crippen LogP) is 1.59. The minimum atomic E-state index is 0.455. The second-order valence-corrected chi connectivity index (χ2v) is 6.88. The van der Waals surface area contributed by atoms with E-state index >= 15 is 0 Å². The summed E-state index contributed by atoms with van der Waals surface area (Å²) in [4.78, 5) is 5.23. The van der Waals surface area contributed by atoms with Crippen molar-refractivity contribution < 1.29 is 4.74 Å². The zero-order chi connectivity index (χ0) is 14.8. The molecule has 2 atom stereocenters. The van der Waals surface area contributed by atoms with E-state index in [1.54, 1.807) is 7.11 Å². The lowest BCUT2D eigenvalue weighted by Crippen LogP contribution is -2.66. The van der Waals surface area contributed by atoms with Crippen molar-refractivity contribution >= 4 is 15.9 Å². The van der Waals surface area contributed by atoms with E-state index in [2.05, 4.69) is 44.2 Å². The molecule has 21 heavy (non-hydrogen) atoms. The van der Waals surface area contributed by atoms with Gasteiger partial charge in [-0.3, -0.25) is 9.80 Å². The summed E-state index contributed by atoms with van der Waals surface area (Å²) < 4.78 is 6.64. The summed E-state index contributed by atoms with van der Waals surface area (Å²) in [7, 11) is 3.83. The van der Waals surface area contributed by atoms with E-state index in [9.17, 15) is 0 Å². The van der Waals surface area contributed by atoms with Gasteiger partial charge in [0.1, 0.15) is 5.75 Å². The summed E-state index contributed by atoms with van der Waals surface area (Å²) in [6, 6.07) is 7.31. The summed E-state index contributed by atoms with van der Waals surface area (Å²) in [5.41, 5.74) is 1.27. The summed E-state index contributed by atoms with van der Waals surface area (Å²) in [6.07, 6.45) is 0.994. The standard InChI is InChI=1S/C16H24BrN3O/c1-18-14(15-11-19-5-7-20(15)8-6-19)10-12-9-13(17)3-4-16(12)21-2/h3-4,9,14-15,18H,5-8,10-11H2,1-2H3. The van der Waals surface area contributed by atoms with Crippen molar-refractivity contribution in [3.63, 3.8) is 0 Å². The fourth-order valence-corrected chi connectivity index (χ4v) is 4.02. The van der Waals surface area contributed by atoms with E-state index in [4.69, 9.17) is 4.74 Å².